The van der Waals surface area contributed by atoms with Gasteiger partial charge in [0.05, 0.1) is 0 Å². The second-order valence-electron chi connectivity index (χ2n) is 3.32. The Bertz CT molecular complexity index is 475. The van der Waals surface area contributed by atoms with Crippen LogP contribution in [0.2, 0.25) is 0 Å². The molecule has 4 nitrogen and oxygen atoms in total. The van der Waals surface area contributed by atoms with Gasteiger partial charge in [-0.15, -0.1) is 0 Å². The molecule has 4 heteroatoms. The summed E-state index contributed by atoms with van der Waals surface area (Å²) >= 11 is 0. The minimum Gasteiger partial charge on any atom is -0.361 e. The highest BCUT2D eigenvalue weighted by Gasteiger charge is 2.05. The summed E-state index contributed by atoms with van der Waals surface area (Å²) in [6.07, 6.45) is 1.85. The van der Waals surface area contributed by atoms with Gasteiger partial charge in [-0.2, -0.15) is 0 Å². The molecule has 0 aliphatic heterocycles. The third kappa shape index (κ3) is 1.99. The van der Waals surface area contributed by atoms with Crippen molar-refractivity contribution in [1.29, 1.82) is 0 Å². The molecular formula is C11H13N3O. The quantitative estimate of drug-likeness (QED) is 0.692. The number of carbonyl (C=O) groups excluding carboxylic acids is 1. The number of fused-ring (bicyclic) bond motifs is 1. The second-order valence-corrected chi connectivity index (χ2v) is 3.32. The Balaban J connectivity index is 2.23. The first-order valence-electron chi connectivity index (χ1n) is 4.86. The van der Waals surface area contributed by atoms with Gasteiger partial charge in [0.1, 0.15) is 0 Å². The van der Waals surface area contributed by atoms with Crippen molar-refractivity contribution in [3.63, 3.8) is 0 Å². The van der Waals surface area contributed by atoms with Crippen molar-refractivity contribution >= 4 is 16.8 Å². The fourth-order valence-electron chi connectivity index (χ4n) is 1.48. The van der Waals surface area contributed by atoms with Gasteiger partial charge in [0.25, 0.3) is 5.91 Å². The number of aromatic amines is 1. The summed E-state index contributed by atoms with van der Waals surface area (Å²) in [6.45, 7) is 0.960. The van der Waals surface area contributed by atoms with E-state index >= 15 is 0 Å². The summed E-state index contributed by atoms with van der Waals surface area (Å²) < 4.78 is 0. The van der Waals surface area contributed by atoms with Crippen LogP contribution in [0.15, 0.2) is 30.5 Å². The SMILES string of the molecule is NCCNC(=O)c1ccc2[nH]ccc2c1. The highest BCUT2D eigenvalue weighted by molar-refractivity contribution is 5.98. The Labute approximate surface area is 87.5 Å². The molecular weight excluding hydrogens is 190 g/mol. The van der Waals surface area contributed by atoms with Gasteiger partial charge in [-0.1, -0.05) is 0 Å². The summed E-state index contributed by atoms with van der Waals surface area (Å²) in [5, 5.41) is 3.77. The van der Waals surface area contributed by atoms with Gasteiger partial charge in [-0.25, -0.2) is 0 Å². The lowest BCUT2D eigenvalue weighted by molar-refractivity contribution is 0.0955. The lowest BCUT2D eigenvalue weighted by Crippen LogP contribution is -2.28. The molecule has 0 aliphatic rings. The molecule has 0 aliphatic carbocycles. The summed E-state index contributed by atoms with van der Waals surface area (Å²) in [7, 11) is 0. The van der Waals surface area contributed by atoms with Crippen LogP contribution in [0.4, 0.5) is 0 Å². The molecule has 1 amide bonds. The van der Waals surface area contributed by atoms with E-state index in [2.05, 4.69) is 10.3 Å². The van der Waals surface area contributed by atoms with Gasteiger partial charge < -0.3 is 16.0 Å². The first kappa shape index (κ1) is 9.73. The van der Waals surface area contributed by atoms with Crippen molar-refractivity contribution in [3.05, 3.63) is 36.0 Å². The van der Waals surface area contributed by atoms with E-state index in [0.717, 1.165) is 10.9 Å². The van der Waals surface area contributed by atoms with Gasteiger partial charge in [0.15, 0.2) is 0 Å². The van der Waals surface area contributed by atoms with Crippen molar-refractivity contribution in [2.24, 2.45) is 5.73 Å². The van der Waals surface area contributed by atoms with Crippen molar-refractivity contribution in [2.75, 3.05) is 13.1 Å². The number of hydrogen-bond donors (Lipinski definition) is 3. The first-order valence-corrected chi connectivity index (χ1v) is 4.86. The van der Waals surface area contributed by atoms with E-state index in [4.69, 9.17) is 5.73 Å². The fraction of sp³-hybridized carbons (Fsp3) is 0.182. The number of nitrogens with two attached hydrogens (primary N) is 1. The van der Waals surface area contributed by atoms with E-state index in [1.165, 1.54) is 0 Å². The number of benzene rings is 1. The Hall–Kier alpha value is -1.81. The summed E-state index contributed by atoms with van der Waals surface area (Å²) in [5.74, 6) is -0.0800. The number of nitrogens with one attached hydrogen (secondary N) is 2. The van der Waals surface area contributed by atoms with Crippen LogP contribution in [0.25, 0.3) is 10.9 Å². The molecule has 0 bridgehead atoms. The molecule has 0 atom stereocenters. The third-order valence-corrected chi connectivity index (χ3v) is 2.25. The molecule has 2 rings (SSSR count). The normalized spacial score (nSPS) is 10.5. The van der Waals surface area contributed by atoms with Crippen molar-refractivity contribution in [2.45, 2.75) is 0 Å². The lowest BCUT2D eigenvalue weighted by atomic mass is 10.1. The number of aromatic nitrogens is 1. The molecule has 0 radical (unpaired) electrons. The van der Waals surface area contributed by atoms with Gasteiger partial charge in [-0.3, -0.25) is 4.79 Å². The van der Waals surface area contributed by atoms with E-state index in [1.807, 2.05) is 24.4 Å². The van der Waals surface area contributed by atoms with Crippen LogP contribution in [-0.4, -0.2) is 24.0 Å². The highest BCUT2D eigenvalue weighted by Crippen LogP contribution is 2.13. The zero-order chi connectivity index (χ0) is 10.7. The van der Waals surface area contributed by atoms with Crippen LogP contribution in [0.5, 0.6) is 0 Å². The molecule has 78 valence electrons. The lowest BCUT2D eigenvalue weighted by Gasteiger charge is -2.03. The predicted octanol–water partition coefficient (Wildman–Crippen LogP) is 0.856. The number of H-pyrrole nitrogens is 1. The van der Waals surface area contributed by atoms with Crippen molar-refractivity contribution < 1.29 is 4.79 Å². The minimum absolute atomic E-state index is 0.0800. The molecule has 1 aromatic heterocycles. The molecule has 15 heavy (non-hydrogen) atoms. The van der Waals surface area contributed by atoms with Crippen molar-refractivity contribution in [3.8, 4) is 0 Å². The van der Waals surface area contributed by atoms with E-state index < -0.39 is 0 Å². The third-order valence-electron chi connectivity index (χ3n) is 2.25. The Morgan fingerprint density at radius 1 is 1.40 bits per heavy atom. The molecule has 2 aromatic rings. The Morgan fingerprint density at radius 2 is 2.27 bits per heavy atom. The molecule has 4 N–H and O–H groups in total. The average Bonchev–Trinajstić information content (AvgIpc) is 2.72. The average molecular weight is 203 g/mol. The Morgan fingerprint density at radius 3 is 3.07 bits per heavy atom. The van der Waals surface area contributed by atoms with E-state index in [0.29, 0.717) is 18.7 Å². The van der Waals surface area contributed by atoms with Crippen LogP contribution in [0, 0.1) is 0 Å². The van der Waals surface area contributed by atoms with Gasteiger partial charge in [0.2, 0.25) is 0 Å². The van der Waals surface area contributed by atoms with E-state index in [9.17, 15) is 4.79 Å². The summed E-state index contributed by atoms with van der Waals surface area (Å²) in [4.78, 5) is 14.7. The van der Waals surface area contributed by atoms with E-state index in [-0.39, 0.29) is 5.91 Å². The molecule has 0 unspecified atom stereocenters. The topological polar surface area (TPSA) is 70.9 Å². The maximum Gasteiger partial charge on any atom is 0.251 e. The first-order chi connectivity index (χ1) is 7.31. The van der Waals surface area contributed by atoms with Crippen LogP contribution in [0.1, 0.15) is 10.4 Å². The molecule has 0 spiro atoms. The minimum atomic E-state index is -0.0800. The van der Waals surface area contributed by atoms with Crippen LogP contribution < -0.4 is 11.1 Å². The Kier molecular flexibility index (Phi) is 2.69. The molecule has 1 heterocycles. The predicted molar refractivity (Wildman–Crippen MR) is 59.7 cm³/mol. The van der Waals surface area contributed by atoms with Gasteiger partial charge in [-0.05, 0) is 24.3 Å². The second kappa shape index (κ2) is 4.14. The van der Waals surface area contributed by atoms with Gasteiger partial charge >= 0.3 is 0 Å². The maximum atomic E-state index is 11.6. The number of carbonyl (C=O) groups is 1. The number of amides is 1. The molecule has 0 saturated carbocycles. The highest BCUT2D eigenvalue weighted by atomic mass is 16.1. The fourth-order valence-corrected chi connectivity index (χ4v) is 1.48. The zero-order valence-corrected chi connectivity index (χ0v) is 8.29. The molecule has 0 saturated heterocycles. The smallest absolute Gasteiger partial charge is 0.251 e. The van der Waals surface area contributed by atoms with Crippen molar-refractivity contribution in [1.82, 2.24) is 10.3 Å². The summed E-state index contributed by atoms with van der Waals surface area (Å²) in [5.41, 5.74) is 7.00. The summed E-state index contributed by atoms with van der Waals surface area (Å²) in [6, 6.07) is 7.49. The van der Waals surface area contributed by atoms with Crippen LogP contribution >= 0.6 is 0 Å². The van der Waals surface area contributed by atoms with Crippen LogP contribution in [0.3, 0.4) is 0 Å². The standard InChI is InChI=1S/C11H13N3O/c12-4-6-14-11(15)9-1-2-10-8(7-9)3-5-13-10/h1-3,5,7,13H,4,6,12H2,(H,14,15). The molecule has 1 aromatic carbocycles. The monoisotopic (exact) mass is 203 g/mol. The van der Waals surface area contributed by atoms with Crippen LogP contribution in [-0.2, 0) is 0 Å². The van der Waals surface area contributed by atoms with Gasteiger partial charge in [0, 0.05) is 35.8 Å². The molecule has 0 fully saturated rings. The number of hydrogen-bond acceptors (Lipinski definition) is 2. The maximum absolute atomic E-state index is 11.6. The largest absolute Gasteiger partial charge is 0.361 e. The van der Waals surface area contributed by atoms with E-state index in [1.54, 1.807) is 6.07 Å². The zero-order valence-electron chi connectivity index (χ0n) is 8.29. The number of rotatable bonds is 3.